The zero-order chi connectivity index (χ0) is 12.3. The number of nitrogens with two attached hydrogens (primary N) is 1. The van der Waals surface area contributed by atoms with Crippen molar-refractivity contribution in [1.29, 1.82) is 0 Å². The van der Waals surface area contributed by atoms with Gasteiger partial charge in [0.2, 0.25) is 5.13 Å². The number of carbonyl (C=O) groups is 1. The molecule has 17 heavy (non-hydrogen) atoms. The maximum atomic E-state index is 13.3. The van der Waals surface area contributed by atoms with Crippen LogP contribution in [-0.2, 0) is 0 Å². The Bertz CT molecular complexity index is 531. The summed E-state index contributed by atoms with van der Waals surface area (Å²) in [5, 5.41) is 9.50. The van der Waals surface area contributed by atoms with Gasteiger partial charge in [-0.05, 0) is 17.3 Å². The van der Waals surface area contributed by atoms with Gasteiger partial charge in [-0.15, -0.1) is 0 Å². The number of hydrogen-bond acceptors (Lipinski definition) is 7. The van der Waals surface area contributed by atoms with E-state index in [4.69, 9.17) is 5.84 Å². The summed E-state index contributed by atoms with van der Waals surface area (Å²) in [5.41, 5.74) is 2.13. The van der Waals surface area contributed by atoms with E-state index in [2.05, 4.69) is 25.5 Å². The number of anilines is 2. The van der Waals surface area contributed by atoms with Crippen molar-refractivity contribution in [2.24, 2.45) is 5.84 Å². The van der Waals surface area contributed by atoms with Crippen LogP contribution in [0.4, 0.5) is 15.2 Å². The number of benzene rings is 1. The second-order valence-corrected chi connectivity index (χ2v) is 3.66. The molecule has 1 amide bonds. The Morgan fingerprint density at radius 3 is 2.94 bits per heavy atom. The minimum Gasteiger partial charge on any atom is -0.321 e. The molecule has 0 radical (unpaired) electrons. The summed E-state index contributed by atoms with van der Waals surface area (Å²) in [7, 11) is 0. The largest absolute Gasteiger partial charge is 0.321 e. The van der Waals surface area contributed by atoms with Gasteiger partial charge in [0, 0.05) is 11.5 Å². The number of carbonyl (C=O) groups excluding carboxylic acids is 1. The average Bonchev–Trinajstić information content (AvgIpc) is 2.81. The molecule has 0 fully saturated rings. The Morgan fingerprint density at radius 1 is 1.47 bits per heavy atom. The van der Waals surface area contributed by atoms with E-state index in [1.807, 2.05) is 0 Å². The third-order valence-electron chi connectivity index (χ3n) is 1.92. The van der Waals surface area contributed by atoms with E-state index in [0.29, 0.717) is 0 Å². The normalized spacial score (nSPS) is 10.0. The lowest BCUT2D eigenvalue weighted by molar-refractivity contribution is 0.102. The zero-order valence-electron chi connectivity index (χ0n) is 8.35. The van der Waals surface area contributed by atoms with Gasteiger partial charge < -0.3 is 5.43 Å². The summed E-state index contributed by atoms with van der Waals surface area (Å²) in [5.74, 6) is 3.99. The summed E-state index contributed by atoms with van der Waals surface area (Å²) in [6.07, 6.45) is 0. The van der Waals surface area contributed by atoms with E-state index in [9.17, 15) is 9.18 Å². The predicted octanol–water partition coefficient (Wildman–Crippen LogP) is 0.610. The van der Waals surface area contributed by atoms with Crippen molar-refractivity contribution < 1.29 is 9.18 Å². The number of aromatic nitrogens is 3. The number of para-hydroxylation sites is 1. The van der Waals surface area contributed by atoms with Crippen LogP contribution < -0.4 is 16.6 Å². The molecule has 0 bridgehead atoms. The van der Waals surface area contributed by atoms with Crippen molar-refractivity contribution in [3.63, 3.8) is 0 Å². The first-order chi connectivity index (χ1) is 8.22. The van der Waals surface area contributed by atoms with Gasteiger partial charge in [0.25, 0.3) is 5.91 Å². The first kappa shape index (κ1) is 11.4. The molecule has 0 saturated carbocycles. The fourth-order valence-electron chi connectivity index (χ4n) is 1.21. The highest BCUT2D eigenvalue weighted by molar-refractivity contribution is 7.09. The number of nitrogens with zero attached hydrogens (tertiary/aromatic N) is 3. The van der Waals surface area contributed by atoms with Gasteiger partial charge in [-0.2, -0.15) is 0 Å². The minimum atomic E-state index is -0.615. The fourth-order valence-corrected chi connectivity index (χ4v) is 1.57. The van der Waals surface area contributed by atoms with Crippen LogP contribution in [0.1, 0.15) is 10.4 Å². The third kappa shape index (κ3) is 2.34. The molecular weight excluding hydrogens is 247 g/mol. The number of nitrogen functional groups attached to an aromatic ring is 1. The first-order valence-electron chi connectivity index (χ1n) is 4.44. The maximum Gasteiger partial charge on any atom is 0.259 e. The molecule has 7 nitrogen and oxygen atoms in total. The lowest BCUT2D eigenvalue weighted by Gasteiger charge is -2.08. The summed E-state index contributed by atoms with van der Waals surface area (Å²) >= 11 is 0.914. The van der Waals surface area contributed by atoms with Crippen LogP contribution in [0.25, 0.3) is 0 Å². The smallest absolute Gasteiger partial charge is 0.259 e. The number of hydrogen-bond donors (Lipinski definition) is 3. The number of halogens is 1. The summed E-state index contributed by atoms with van der Waals surface area (Å²) in [6, 6.07) is 4.03. The van der Waals surface area contributed by atoms with Gasteiger partial charge in [0.15, 0.2) is 0 Å². The van der Waals surface area contributed by atoms with Crippen molar-refractivity contribution in [2.75, 3.05) is 10.7 Å². The second kappa shape index (κ2) is 4.80. The Balaban J connectivity index is 2.28. The number of rotatable bonds is 3. The lowest BCUT2D eigenvalue weighted by atomic mass is 10.1. The fraction of sp³-hybridized carbons (Fsp3) is 0. The Hall–Kier alpha value is -2.13. The molecule has 0 spiro atoms. The van der Waals surface area contributed by atoms with E-state index in [0.717, 1.165) is 11.5 Å². The monoisotopic (exact) mass is 254 g/mol. The van der Waals surface area contributed by atoms with E-state index >= 15 is 0 Å². The van der Waals surface area contributed by atoms with Crippen LogP contribution in [0.2, 0.25) is 0 Å². The Kier molecular flexibility index (Phi) is 3.21. The van der Waals surface area contributed by atoms with Gasteiger partial charge in [0.05, 0.1) is 11.3 Å². The van der Waals surface area contributed by atoms with Gasteiger partial charge >= 0.3 is 0 Å². The molecule has 88 valence electrons. The molecule has 0 unspecified atom stereocenters. The van der Waals surface area contributed by atoms with Crippen LogP contribution in [0.15, 0.2) is 18.2 Å². The molecule has 0 saturated heterocycles. The van der Waals surface area contributed by atoms with Gasteiger partial charge in [-0.1, -0.05) is 15.7 Å². The van der Waals surface area contributed by atoms with Crippen LogP contribution >= 0.6 is 11.5 Å². The molecule has 0 aliphatic carbocycles. The Morgan fingerprint density at radius 2 is 2.29 bits per heavy atom. The molecule has 4 N–H and O–H groups in total. The molecule has 0 aliphatic rings. The van der Waals surface area contributed by atoms with E-state index in [1.165, 1.54) is 18.2 Å². The van der Waals surface area contributed by atoms with E-state index < -0.39 is 11.7 Å². The van der Waals surface area contributed by atoms with Crippen LogP contribution in [0.5, 0.6) is 0 Å². The van der Waals surface area contributed by atoms with Crippen LogP contribution in [-0.4, -0.2) is 20.7 Å². The SMILES string of the molecule is NNc1c(F)cccc1C(=O)Nc1nnns1. The average molecular weight is 254 g/mol. The first-order valence-corrected chi connectivity index (χ1v) is 5.21. The molecule has 9 heteroatoms. The highest BCUT2D eigenvalue weighted by atomic mass is 32.1. The molecule has 2 rings (SSSR count). The maximum absolute atomic E-state index is 13.3. The van der Waals surface area contributed by atoms with Crippen molar-refractivity contribution in [1.82, 2.24) is 14.8 Å². The highest BCUT2D eigenvalue weighted by Crippen LogP contribution is 2.20. The molecule has 1 aromatic heterocycles. The third-order valence-corrected chi connectivity index (χ3v) is 2.43. The van der Waals surface area contributed by atoms with Gasteiger partial charge in [-0.3, -0.25) is 16.0 Å². The zero-order valence-corrected chi connectivity index (χ0v) is 9.16. The summed E-state index contributed by atoms with van der Waals surface area (Å²) in [6.45, 7) is 0. The number of nitrogens with one attached hydrogen (secondary N) is 2. The predicted molar refractivity (Wildman–Crippen MR) is 59.9 cm³/mol. The molecule has 1 heterocycles. The minimum absolute atomic E-state index is 0.0719. The molecular formula is C8H7FN6OS. The second-order valence-electron chi connectivity index (χ2n) is 2.93. The molecule has 0 aliphatic heterocycles. The topological polar surface area (TPSA) is 106 Å². The van der Waals surface area contributed by atoms with Crippen LogP contribution in [0, 0.1) is 5.82 Å². The molecule has 2 aromatic rings. The number of amides is 1. The lowest BCUT2D eigenvalue weighted by Crippen LogP contribution is -2.18. The standard InChI is InChI=1S/C8H7FN6OS/c9-5-3-1-2-4(6(5)12-10)7(16)11-8-13-14-15-17-8/h1-3,12H,10H2,(H,11,13,15,16). The highest BCUT2D eigenvalue weighted by Gasteiger charge is 2.15. The summed E-state index contributed by atoms with van der Waals surface area (Å²) < 4.78 is 16.8. The van der Waals surface area contributed by atoms with Crippen molar-refractivity contribution in [2.45, 2.75) is 0 Å². The summed E-state index contributed by atoms with van der Waals surface area (Å²) in [4.78, 5) is 11.8. The van der Waals surface area contributed by atoms with E-state index in [-0.39, 0.29) is 16.4 Å². The van der Waals surface area contributed by atoms with Gasteiger partial charge in [0.1, 0.15) is 5.82 Å². The van der Waals surface area contributed by atoms with E-state index in [1.54, 1.807) is 0 Å². The molecule has 1 aromatic carbocycles. The van der Waals surface area contributed by atoms with Gasteiger partial charge in [-0.25, -0.2) is 4.39 Å². The van der Waals surface area contributed by atoms with Crippen molar-refractivity contribution >= 4 is 28.3 Å². The van der Waals surface area contributed by atoms with Crippen molar-refractivity contribution in [3.05, 3.63) is 29.6 Å². The quantitative estimate of drug-likeness (QED) is 0.547. The number of hydrazine groups is 1. The van der Waals surface area contributed by atoms with Crippen molar-refractivity contribution in [3.8, 4) is 0 Å². The Labute approximate surface area is 99.0 Å². The van der Waals surface area contributed by atoms with Crippen LogP contribution in [0.3, 0.4) is 0 Å². The molecule has 0 atom stereocenters.